The summed E-state index contributed by atoms with van der Waals surface area (Å²) in [7, 11) is -2.78. The van der Waals surface area contributed by atoms with Gasteiger partial charge in [-0.25, -0.2) is 8.42 Å². The van der Waals surface area contributed by atoms with Gasteiger partial charge in [0.2, 0.25) is 0 Å². The fourth-order valence-corrected chi connectivity index (χ4v) is 4.92. The van der Waals surface area contributed by atoms with Crippen LogP contribution in [0.25, 0.3) is 6.08 Å². The van der Waals surface area contributed by atoms with Crippen LogP contribution < -0.4 is 13.8 Å². The predicted octanol–water partition coefficient (Wildman–Crippen LogP) is 6.27. The van der Waals surface area contributed by atoms with E-state index in [4.69, 9.17) is 21.1 Å². The maximum absolute atomic E-state index is 13.6. The Morgan fingerprint density at radius 2 is 1.74 bits per heavy atom. The van der Waals surface area contributed by atoms with Crippen molar-refractivity contribution in [1.82, 2.24) is 0 Å². The monoisotopic (exact) mass is 513 g/mol. The van der Waals surface area contributed by atoms with Crippen LogP contribution in [0.15, 0.2) is 77.7 Å². The van der Waals surface area contributed by atoms with Crippen LogP contribution in [0.3, 0.4) is 0 Å². The fourth-order valence-electron chi connectivity index (χ4n) is 3.29. The first-order valence-corrected chi connectivity index (χ1v) is 13.0. The van der Waals surface area contributed by atoms with Gasteiger partial charge in [-0.1, -0.05) is 60.8 Å². The Morgan fingerprint density at radius 3 is 2.40 bits per heavy atom. The third-order valence-corrected chi connectivity index (χ3v) is 7.24. The van der Waals surface area contributed by atoms with Gasteiger partial charge in [0.25, 0.3) is 15.9 Å². The number of unbranched alkanes of at least 4 members (excludes halogenated alkanes) is 1. The summed E-state index contributed by atoms with van der Waals surface area (Å²) < 4.78 is 38.9. The Hall–Kier alpha value is -3.29. The van der Waals surface area contributed by atoms with Crippen LogP contribution >= 0.6 is 11.6 Å². The zero-order chi connectivity index (χ0) is 25.4. The summed E-state index contributed by atoms with van der Waals surface area (Å²) in [6.45, 7) is 4.47. The lowest BCUT2D eigenvalue weighted by molar-refractivity contribution is -0.113. The van der Waals surface area contributed by atoms with Gasteiger partial charge >= 0.3 is 0 Å². The molecule has 35 heavy (non-hydrogen) atoms. The minimum absolute atomic E-state index is 0.0138. The van der Waals surface area contributed by atoms with Crippen molar-refractivity contribution in [3.63, 3.8) is 0 Å². The molecule has 0 spiro atoms. The van der Waals surface area contributed by atoms with Crippen molar-refractivity contribution in [2.24, 2.45) is 0 Å². The topological polar surface area (TPSA) is 72.9 Å². The van der Waals surface area contributed by atoms with Crippen LogP contribution in [0.1, 0.15) is 30.9 Å². The largest absolute Gasteiger partial charge is 0.495 e. The Balaban J connectivity index is 2.02. The molecule has 0 atom stereocenters. The van der Waals surface area contributed by atoms with Crippen LogP contribution in [-0.4, -0.2) is 28.0 Å². The molecule has 0 aliphatic heterocycles. The quantitative estimate of drug-likeness (QED) is 0.236. The molecule has 3 rings (SSSR count). The summed E-state index contributed by atoms with van der Waals surface area (Å²) >= 11 is 6.26. The molecule has 0 aliphatic rings. The molecular formula is C27H28ClNO5S. The highest BCUT2D eigenvalue weighted by molar-refractivity contribution is 7.93. The van der Waals surface area contributed by atoms with Crippen molar-refractivity contribution >= 4 is 39.3 Å². The average Bonchev–Trinajstić information content (AvgIpc) is 2.84. The average molecular weight is 514 g/mol. The minimum atomic E-state index is -4.24. The normalized spacial score (nSPS) is 11.4. The number of carbonyl (C=O) groups is 1. The SMILES string of the molecule is CCCCOc1ccccc1/C=C/C(=O)N(c1ccc(OC)c(Cl)c1)S(=O)(=O)c1ccc(C)cc1. The van der Waals surface area contributed by atoms with E-state index in [0.717, 1.165) is 22.7 Å². The molecule has 0 fully saturated rings. The summed E-state index contributed by atoms with van der Waals surface area (Å²) in [5, 5.41) is 0.181. The molecule has 0 radical (unpaired) electrons. The third kappa shape index (κ3) is 6.44. The van der Waals surface area contributed by atoms with E-state index in [1.54, 1.807) is 24.3 Å². The summed E-state index contributed by atoms with van der Waals surface area (Å²) in [6, 6.07) is 17.9. The number of aryl methyl sites for hydroxylation is 1. The van der Waals surface area contributed by atoms with E-state index in [0.29, 0.717) is 23.7 Å². The number of ether oxygens (including phenoxy) is 2. The van der Waals surface area contributed by atoms with Gasteiger partial charge in [-0.05, 0) is 55.8 Å². The van der Waals surface area contributed by atoms with Gasteiger partial charge < -0.3 is 9.47 Å². The number of benzene rings is 3. The highest BCUT2D eigenvalue weighted by Gasteiger charge is 2.30. The van der Waals surface area contributed by atoms with Crippen molar-refractivity contribution in [3.05, 3.63) is 89.0 Å². The maximum Gasteiger partial charge on any atom is 0.271 e. The first-order valence-electron chi connectivity index (χ1n) is 11.2. The third-order valence-electron chi connectivity index (χ3n) is 5.21. The minimum Gasteiger partial charge on any atom is -0.495 e. The van der Waals surface area contributed by atoms with Crippen LogP contribution in [-0.2, 0) is 14.8 Å². The molecule has 6 nitrogen and oxygen atoms in total. The second kappa shape index (κ2) is 11.9. The molecule has 0 bridgehead atoms. The lowest BCUT2D eigenvalue weighted by Crippen LogP contribution is -2.35. The number of hydrogen-bond acceptors (Lipinski definition) is 5. The van der Waals surface area contributed by atoms with Gasteiger partial charge in [-0.3, -0.25) is 4.79 Å². The van der Waals surface area contributed by atoms with Crippen LogP contribution in [0.5, 0.6) is 11.5 Å². The smallest absolute Gasteiger partial charge is 0.271 e. The number of para-hydroxylation sites is 1. The lowest BCUT2D eigenvalue weighted by atomic mass is 10.2. The molecule has 184 valence electrons. The molecule has 0 unspecified atom stereocenters. The Labute approximate surface area is 211 Å². The Morgan fingerprint density at radius 1 is 1.03 bits per heavy atom. The van der Waals surface area contributed by atoms with E-state index < -0.39 is 15.9 Å². The number of methoxy groups -OCH3 is 1. The van der Waals surface area contributed by atoms with Gasteiger partial charge in [-0.15, -0.1) is 0 Å². The van der Waals surface area contributed by atoms with Crippen LogP contribution in [0.2, 0.25) is 5.02 Å². The van der Waals surface area contributed by atoms with Gasteiger partial charge in [0.1, 0.15) is 11.5 Å². The Bertz CT molecular complexity index is 1300. The number of sulfonamides is 1. The Kier molecular flexibility index (Phi) is 8.95. The fraction of sp³-hybridized carbons (Fsp3) is 0.222. The molecule has 0 N–H and O–H groups in total. The van der Waals surface area contributed by atoms with Gasteiger partial charge in [0.15, 0.2) is 0 Å². The first kappa shape index (κ1) is 26.3. The van der Waals surface area contributed by atoms with E-state index in [1.165, 1.54) is 43.5 Å². The molecule has 0 aromatic heterocycles. The number of nitrogens with zero attached hydrogens (tertiary/aromatic N) is 1. The molecular weight excluding hydrogens is 486 g/mol. The van der Waals surface area contributed by atoms with Gasteiger partial charge in [0, 0.05) is 11.6 Å². The van der Waals surface area contributed by atoms with Crippen LogP contribution in [0.4, 0.5) is 5.69 Å². The molecule has 1 amide bonds. The van der Waals surface area contributed by atoms with Gasteiger partial charge in [0.05, 0.1) is 29.3 Å². The number of rotatable bonds is 10. The highest BCUT2D eigenvalue weighted by atomic mass is 35.5. The van der Waals surface area contributed by atoms with E-state index >= 15 is 0 Å². The summed E-state index contributed by atoms with van der Waals surface area (Å²) in [6.07, 6.45) is 4.66. The standard InChI is InChI=1S/C27H28ClNO5S/c1-4-5-18-34-25-9-7-6-8-21(25)12-17-27(30)29(22-13-16-26(33-3)24(28)19-22)35(31,32)23-14-10-20(2)11-15-23/h6-17,19H,4-5,18H2,1-3H3/b17-12+. The number of carbonyl (C=O) groups excluding carboxylic acids is 1. The molecule has 3 aromatic carbocycles. The second-order valence-electron chi connectivity index (χ2n) is 7.81. The molecule has 0 aliphatic carbocycles. The number of amides is 1. The second-order valence-corrected chi connectivity index (χ2v) is 10.0. The first-order chi connectivity index (χ1) is 16.8. The van der Waals surface area contributed by atoms with Crippen molar-refractivity contribution in [2.45, 2.75) is 31.6 Å². The number of anilines is 1. The molecule has 0 saturated carbocycles. The number of halogens is 1. The molecule has 8 heteroatoms. The molecule has 0 saturated heterocycles. The van der Waals surface area contributed by atoms with Gasteiger partial charge in [-0.2, -0.15) is 4.31 Å². The van der Waals surface area contributed by atoms with Crippen molar-refractivity contribution in [2.75, 3.05) is 18.0 Å². The summed E-state index contributed by atoms with van der Waals surface area (Å²) in [5.74, 6) is 0.227. The highest BCUT2D eigenvalue weighted by Crippen LogP contribution is 2.32. The van der Waals surface area contributed by atoms with E-state index in [2.05, 4.69) is 6.92 Å². The van der Waals surface area contributed by atoms with Crippen molar-refractivity contribution < 1.29 is 22.7 Å². The summed E-state index contributed by atoms with van der Waals surface area (Å²) in [4.78, 5) is 13.4. The number of hydrogen-bond donors (Lipinski definition) is 0. The van der Waals surface area contributed by atoms with E-state index in [1.807, 2.05) is 25.1 Å². The zero-order valence-electron chi connectivity index (χ0n) is 19.9. The van der Waals surface area contributed by atoms with Crippen molar-refractivity contribution in [3.8, 4) is 11.5 Å². The van der Waals surface area contributed by atoms with Crippen LogP contribution in [0, 0.1) is 6.92 Å². The maximum atomic E-state index is 13.6. The predicted molar refractivity (Wildman–Crippen MR) is 140 cm³/mol. The molecule has 0 heterocycles. The molecule has 3 aromatic rings. The van der Waals surface area contributed by atoms with E-state index in [-0.39, 0.29) is 15.6 Å². The zero-order valence-corrected chi connectivity index (χ0v) is 21.5. The van der Waals surface area contributed by atoms with E-state index in [9.17, 15) is 13.2 Å². The lowest BCUT2D eigenvalue weighted by Gasteiger charge is -2.22. The van der Waals surface area contributed by atoms with Crippen molar-refractivity contribution in [1.29, 1.82) is 0 Å². The summed E-state index contributed by atoms with van der Waals surface area (Å²) in [5.41, 5.74) is 1.66.